The van der Waals surface area contributed by atoms with E-state index in [1.807, 2.05) is 63.4 Å². The third-order valence-electron chi connectivity index (χ3n) is 4.86. The molecule has 3 rings (SSSR count). The van der Waals surface area contributed by atoms with Crippen LogP contribution in [0.1, 0.15) is 47.2 Å². The van der Waals surface area contributed by atoms with Crippen molar-refractivity contribution in [2.24, 2.45) is 7.05 Å². The lowest BCUT2D eigenvalue weighted by atomic mass is 10.1. The minimum Gasteiger partial charge on any atom is -0.342 e. The molecule has 0 saturated heterocycles. The Hall–Kier alpha value is -3.13. The van der Waals surface area contributed by atoms with E-state index in [0.717, 1.165) is 17.7 Å². The molecule has 1 atom stereocenters. The molecule has 0 aliphatic heterocycles. The lowest BCUT2D eigenvalue weighted by molar-refractivity contribution is -0.113. The predicted octanol–water partition coefficient (Wildman–Crippen LogP) is 3.91. The Morgan fingerprint density at radius 3 is 2.55 bits per heavy atom. The number of benzene rings is 2. The van der Waals surface area contributed by atoms with Crippen LogP contribution >= 0.6 is 11.8 Å². The summed E-state index contributed by atoms with van der Waals surface area (Å²) < 4.78 is 1.80. The first-order valence-electron chi connectivity index (χ1n) is 10.2. The Morgan fingerprint density at radius 1 is 1.13 bits per heavy atom. The van der Waals surface area contributed by atoms with Crippen LogP contribution in [0.25, 0.3) is 0 Å². The molecule has 8 heteroatoms. The molecule has 0 bridgehead atoms. The molecule has 3 aromatic rings. The zero-order valence-electron chi connectivity index (χ0n) is 18.2. The van der Waals surface area contributed by atoms with Gasteiger partial charge < -0.3 is 15.2 Å². The summed E-state index contributed by atoms with van der Waals surface area (Å²) in [4.78, 5) is 24.8. The summed E-state index contributed by atoms with van der Waals surface area (Å²) in [6, 6.07) is 14.9. The molecule has 0 radical (unpaired) electrons. The van der Waals surface area contributed by atoms with Gasteiger partial charge in [0.1, 0.15) is 0 Å². The van der Waals surface area contributed by atoms with Crippen molar-refractivity contribution < 1.29 is 9.59 Å². The Morgan fingerprint density at radius 2 is 1.87 bits per heavy atom. The number of amides is 2. The van der Waals surface area contributed by atoms with E-state index in [0.29, 0.717) is 16.5 Å². The molecule has 0 aliphatic carbocycles. The fourth-order valence-electron chi connectivity index (χ4n) is 3.11. The van der Waals surface area contributed by atoms with Crippen LogP contribution in [-0.2, 0) is 18.3 Å². The van der Waals surface area contributed by atoms with Gasteiger partial charge in [-0.15, -0.1) is 10.2 Å². The lowest BCUT2D eigenvalue weighted by Gasteiger charge is -2.14. The van der Waals surface area contributed by atoms with Gasteiger partial charge in [-0.25, -0.2) is 0 Å². The number of hydrogen-bond acceptors (Lipinski definition) is 5. The molecule has 0 fully saturated rings. The van der Waals surface area contributed by atoms with E-state index < -0.39 is 0 Å². The van der Waals surface area contributed by atoms with Crippen molar-refractivity contribution in [3.63, 3.8) is 0 Å². The van der Waals surface area contributed by atoms with E-state index in [1.54, 1.807) is 10.6 Å². The summed E-state index contributed by atoms with van der Waals surface area (Å²) in [5.74, 6) is 0.562. The van der Waals surface area contributed by atoms with Crippen LogP contribution in [0.15, 0.2) is 53.7 Å². The van der Waals surface area contributed by atoms with Crippen molar-refractivity contribution in [3.05, 3.63) is 71.0 Å². The Balaban J connectivity index is 1.56. The molecule has 1 heterocycles. The number of aryl methyl sites for hydroxylation is 2. The van der Waals surface area contributed by atoms with E-state index in [2.05, 4.69) is 27.8 Å². The highest BCUT2D eigenvalue weighted by Crippen LogP contribution is 2.20. The van der Waals surface area contributed by atoms with Gasteiger partial charge in [-0.3, -0.25) is 9.59 Å². The van der Waals surface area contributed by atoms with Crippen LogP contribution < -0.4 is 10.6 Å². The average Bonchev–Trinajstić information content (AvgIpc) is 3.13. The largest absolute Gasteiger partial charge is 0.342 e. The van der Waals surface area contributed by atoms with Gasteiger partial charge in [0.25, 0.3) is 5.91 Å². The number of carbonyl (C=O) groups excluding carboxylic acids is 2. The van der Waals surface area contributed by atoms with E-state index in [9.17, 15) is 9.59 Å². The maximum Gasteiger partial charge on any atom is 0.251 e. The van der Waals surface area contributed by atoms with Crippen LogP contribution in [0.3, 0.4) is 0 Å². The SMILES string of the molecule is CCc1ccc(NC(=O)CSc2nnc([C@H](C)NC(=O)c3cccc(C)c3)n2C)cc1. The first kappa shape index (κ1) is 22.6. The van der Waals surface area contributed by atoms with Crippen molar-refractivity contribution in [2.45, 2.75) is 38.4 Å². The maximum absolute atomic E-state index is 12.5. The second kappa shape index (κ2) is 10.3. The number of aromatic nitrogens is 3. The van der Waals surface area contributed by atoms with E-state index in [-0.39, 0.29) is 23.6 Å². The first-order chi connectivity index (χ1) is 14.9. The standard InChI is InChI=1S/C23H27N5O2S/c1-5-17-9-11-19(12-10-17)25-20(29)14-31-23-27-26-21(28(23)4)16(3)24-22(30)18-8-6-7-15(2)13-18/h6-13,16H,5,14H2,1-4H3,(H,24,30)(H,25,29)/t16-/m0/s1. The Bertz CT molecular complexity index is 1060. The molecular formula is C23H27N5O2S. The molecule has 162 valence electrons. The molecule has 2 aromatic carbocycles. The molecule has 1 aromatic heterocycles. The number of thioether (sulfide) groups is 1. The maximum atomic E-state index is 12.5. The third-order valence-corrected chi connectivity index (χ3v) is 5.88. The second-order valence-corrected chi connectivity index (χ2v) is 8.29. The molecular weight excluding hydrogens is 410 g/mol. The molecule has 31 heavy (non-hydrogen) atoms. The number of anilines is 1. The summed E-state index contributed by atoms with van der Waals surface area (Å²) in [6.45, 7) is 5.90. The monoisotopic (exact) mass is 437 g/mol. The molecule has 2 amide bonds. The minimum absolute atomic E-state index is 0.111. The van der Waals surface area contributed by atoms with Crippen LogP contribution in [0.5, 0.6) is 0 Å². The summed E-state index contributed by atoms with van der Waals surface area (Å²) in [5, 5.41) is 14.8. The van der Waals surface area contributed by atoms with Gasteiger partial charge in [-0.05, 0) is 50.1 Å². The smallest absolute Gasteiger partial charge is 0.251 e. The fourth-order valence-corrected chi connectivity index (χ4v) is 3.83. The Labute approximate surface area is 186 Å². The summed E-state index contributed by atoms with van der Waals surface area (Å²) in [6.07, 6.45) is 0.961. The highest BCUT2D eigenvalue weighted by atomic mass is 32.2. The van der Waals surface area contributed by atoms with Gasteiger partial charge in [0, 0.05) is 18.3 Å². The molecule has 7 nitrogen and oxygen atoms in total. The van der Waals surface area contributed by atoms with Crippen molar-refractivity contribution in [1.82, 2.24) is 20.1 Å². The van der Waals surface area contributed by atoms with Crippen LogP contribution in [0.2, 0.25) is 0 Å². The van der Waals surface area contributed by atoms with Crippen LogP contribution in [0, 0.1) is 6.92 Å². The number of hydrogen-bond donors (Lipinski definition) is 2. The van der Waals surface area contributed by atoms with Crippen LogP contribution in [0.4, 0.5) is 5.69 Å². The first-order valence-corrected chi connectivity index (χ1v) is 11.1. The van der Waals surface area contributed by atoms with Gasteiger partial charge >= 0.3 is 0 Å². The average molecular weight is 438 g/mol. The fraction of sp³-hybridized carbons (Fsp3) is 0.304. The van der Waals surface area contributed by atoms with E-state index >= 15 is 0 Å². The molecule has 0 unspecified atom stereocenters. The highest BCUT2D eigenvalue weighted by molar-refractivity contribution is 7.99. The van der Waals surface area contributed by atoms with Crippen molar-refractivity contribution in [1.29, 1.82) is 0 Å². The number of carbonyl (C=O) groups is 2. The molecule has 0 saturated carbocycles. The van der Waals surface area contributed by atoms with Gasteiger partial charge in [-0.2, -0.15) is 0 Å². The number of nitrogens with zero attached hydrogens (tertiary/aromatic N) is 3. The van der Waals surface area contributed by atoms with Gasteiger partial charge in [0.05, 0.1) is 11.8 Å². The zero-order valence-corrected chi connectivity index (χ0v) is 19.0. The lowest BCUT2D eigenvalue weighted by Crippen LogP contribution is -2.28. The number of rotatable bonds is 8. The zero-order chi connectivity index (χ0) is 22.4. The summed E-state index contributed by atoms with van der Waals surface area (Å²) in [7, 11) is 1.83. The van der Waals surface area contributed by atoms with E-state index in [1.165, 1.54) is 17.3 Å². The topological polar surface area (TPSA) is 88.9 Å². The molecule has 0 spiro atoms. The highest BCUT2D eigenvalue weighted by Gasteiger charge is 2.19. The summed E-state index contributed by atoms with van der Waals surface area (Å²) in [5.41, 5.74) is 3.63. The summed E-state index contributed by atoms with van der Waals surface area (Å²) >= 11 is 1.30. The van der Waals surface area contributed by atoms with Crippen molar-refractivity contribution in [2.75, 3.05) is 11.1 Å². The van der Waals surface area contributed by atoms with Gasteiger partial charge in [0.2, 0.25) is 5.91 Å². The number of nitrogens with one attached hydrogen (secondary N) is 2. The van der Waals surface area contributed by atoms with Crippen molar-refractivity contribution >= 4 is 29.3 Å². The van der Waals surface area contributed by atoms with Crippen molar-refractivity contribution in [3.8, 4) is 0 Å². The second-order valence-electron chi connectivity index (χ2n) is 7.35. The van der Waals surface area contributed by atoms with Crippen LogP contribution in [-0.4, -0.2) is 32.3 Å². The van der Waals surface area contributed by atoms with Gasteiger partial charge in [0.15, 0.2) is 11.0 Å². The molecule has 0 aliphatic rings. The third kappa shape index (κ3) is 5.95. The predicted molar refractivity (Wildman–Crippen MR) is 123 cm³/mol. The van der Waals surface area contributed by atoms with Gasteiger partial charge in [-0.1, -0.05) is 48.5 Å². The minimum atomic E-state index is -0.328. The molecule has 2 N–H and O–H groups in total. The normalized spacial score (nSPS) is 11.7. The Kier molecular flexibility index (Phi) is 7.46. The van der Waals surface area contributed by atoms with E-state index in [4.69, 9.17) is 0 Å². The quantitative estimate of drug-likeness (QED) is 0.522.